The second kappa shape index (κ2) is 8.74. The summed E-state index contributed by atoms with van der Waals surface area (Å²) in [5.41, 5.74) is 7.28. The Morgan fingerprint density at radius 1 is 0.564 bits per heavy atom. The van der Waals surface area contributed by atoms with Crippen molar-refractivity contribution in [3.63, 3.8) is 0 Å². The Hall–Kier alpha value is -5.09. The maximum Gasteiger partial charge on any atom is 0.164 e. The third-order valence-electron chi connectivity index (χ3n) is 7.57. The van der Waals surface area contributed by atoms with E-state index in [9.17, 15) is 0 Å². The van der Waals surface area contributed by atoms with Crippen LogP contribution < -0.4 is 0 Å². The van der Waals surface area contributed by atoms with E-state index >= 15 is 0 Å². The topological polar surface area (TPSA) is 51.8 Å². The molecule has 0 fully saturated rings. The highest BCUT2D eigenvalue weighted by atomic mass is 16.3. The van der Waals surface area contributed by atoms with Crippen LogP contribution in [0, 0.1) is 0 Å². The third-order valence-corrected chi connectivity index (χ3v) is 7.57. The molecule has 4 heteroatoms. The van der Waals surface area contributed by atoms with Crippen LogP contribution in [0.25, 0.3) is 73.0 Å². The Balaban J connectivity index is 1.35. The van der Waals surface area contributed by atoms with Crippen LogP contribution in [0.15, 0.2) is 114 Å². The molecule has 0 atom stereocenters. The van der Waals surface area contributed by atoms with E-state index in [0.29, 0.717) is 17.5 Å². The molecule has 2 heterocycles. The van der Waals surface area contributed by atoms with Gasteiger partial charge in [0, 0.05) is 27.5 Å². The minimum absolute atomic E-state index is 0.646. The molecule has 8 rings (SSSR count). The molecule has 0 spiro atoms. The van der Waals surface area contributed by atoms with Crippen molar-refractivity contribution in [2.75, 3.05) is 0 Å². The molecular weight excluding hydrogens is 478 g/mol. The second-order valence-electron chi connectivity index (χ2n) is 9.99. The van der Waals surface area contributed by atoms with Gasteiger partial charge in [0.15, 0.2) is 17.5 Å². The molecule has 39 heavy (non-hydrogen) atoms. The summed E-state index contributed by atoms with van der Waals surface area (Å²) in [6.45, 7) is 0. The van der Waals surface area contributed by atoms with E-state index in [1.807, 2.05) is 42.5 Å². The fourth-order valence-electron chi connectivity index (χ4n) is 5.64. The summed E-state index contributed by atoms with van der Waals surface area (Å²) in [6, 6.07) is 35.3. The van der Waals surface area contributed by atoms with Crippen molar-refractivity contribution in [3.05, 3.63) is 120 Å². The van der Waals surface area contributed by atoms with Crippen molar-refractivity contribution in [1.29, 1.82) is 0 Å². The molecule has 0 amide bonds. The van der Waals surface area contributed by atoms with Crippen LogP contribution in [0.4, 0.5) is 0 Å². The maximum absolute atomic E-state index is 6.26. The average Bonchev–Trinajstić information content (AvgIpc) is 3.39. The van der Waals surface area contributed by atoms with Crippen molar-refractivity contribution < 1.29 is 4.42 Å². The number of aromatic nitrogens is 3. The largest absolute Gasteiger partial charge is 0.456 e. The minimum Gasteiger partial charge on any atom is -0.456 e. The molecule has 0 radical (unpaired) electrons. The Bertz CT molecular complexity index is 2070. The Labute approximate surface area is 225 Å². The van der Waals surface area contributed by atoms with Crippen LogP contribution in [0.5, 0.6) is 0 Å². The fraction of sp³-hybridized carbons (Fsp3) is 0.0571. The number of benzene rings is 5. The molecule has 0 N–H and O–H groups in total. The van der Waals surface area contributed by atoms with E-state index in [1.165, 1.54) is 21.9 Å². The van der Waals surface area contributed by atoms with Gasteiger partial charge in [0.2, 0.25) is 0 Å². The van der Waals surface area contributed by atoms with Gasteiger partial charge in [-0.1, -0.05) is 84.9 Å². The van der Waals surface area contributed by atoms with Gasteiger partial charge in [-0.2, -0.15) is 0 Å². The summed E-state index contributed by atoms with van der Waals surface area (Å²) in [4.78, 5) is 14.9. The van der Waals surface area contributed by atoms with Gasteiger partial charge in [0.05, 0.1) is 0 Å². The fourth-order valence-corrected chi connectivity index (χ4v) is 5.64. The van der Waals surface area contributed by atoms with Crippen molar-refractivity contribution in [1.82, 2.24) is 15.0 Å². The van der Waals surface area contributed by atoms with Crippen molar-refractivity contribution in [3.8, 4) is 34.2 Å². The van der Waals surface area contributed by atoms with Crippen LogP contribution in [-0.4, -0.2) is 15.0 Å². The van der Waals surface area contributed by atoms with Gasteiger partial charge in [-0.15, -0.1) is 0 Å². The Morgan fingerprint density at radius 2 is 1.26 bits per heavy atom. The minimum atomic E-state index is 0.646. The summed E-state index contributed by atoms with van der Waals surface area (Å²) in [5.74, 6) is 1.96. The number of hydrogen-bond donors (Lipinski definition) is 0. The number of fused-ring (bicyclic) bond motifs is 6. The standard InChI is InChI=1S/C35H23N3O/c1-2-10-24(11-3-1)33-36-34(26-15-14-22-8-4-5-12-25(22)20-26)38-35(37-33)27-17-18-30-29(21-27)32-28-13-7-6-9-23(28)16-19-31(32)39-30/h1-6,8-12,14-21H,7,13H2. The lowest BCUT2D eigenvalue weighted by atomic mass is 9.92. The summed E-state index contributed by atoms with van der Waals surface area (Å²) in [6.07, 6.45) is 6.51. The van der Waals surface area contributed by atoms with Crippen molar-refractivity contribution >= 4 is 38.8 Å². The van der Waals surface area contributed by atoms with E-state index in [-0.39, 0.29) is 0 Å². The van der Waals surface area contributed by atoms with Gasteiger partial charge >= 0.3 is 0 Å². The first kappa shape index (κ1) is 21.9. The summed E-state index contributed by atoms with van der Waals surface area (Å²) in [7, 11) is 0. The maximum atomic E-state index is 6.26. The molecule has 2 aromatic heterocycles. The predicted molar refractivity (Wildman–Crippen MR) is 158 cm³/mol. The molecular formula is C35H23N3O. The third kappa shape index (κ3) is 3.72. The van der Waals surface area contributed by atoms with E-state index in [0.717, 1.165) is 51.5 Å². The molecule has 184 valence electrons. The van der Waals surface area contributed by atoms with Gasteiger partial charge in [0.1, 0.15) is 11.2 Å². The number of nitrogens with zero attached hydrogens (tertiary/aromatic N) is 3. The van der Waals surface area contributed by atoms with Crippen molar-refractivity contribution in [2.45, 2.75) is 12.8 Å². The van der Waals surface area contributed by atoms with Gasteiger partial charge in [0.25, 0.3) is 0 Å². The van der Waals surface area contributed by atoms with Crippen LogP contribution in [0.2, 0.25) is 0 Å². The quantitative estimate of drug-likeness (QED) is 0.243. The second-order valence-corrected chi connectivity index (χ2v) is 9.99. The number of furan rings is 1. The average molecular weight is 502 g/mol. The van der Waals surface area contributed by atoms with Gasteiger partial charge in [-0.05, 0) is 65.1 Å². The lowest BCUT2D eigenvalue weighted by molar-refractivity contribution is 0.668. The van der Waals surface area contributed by atoms with Gasteiger partial charge < -0.3 is 4.42 Å². The Kier molecular flexibility index (Phi) is 4.92. The summed E-state index contributed by atoms with van der Waals surface area (Å²) in [5, 5.41) is 4.64. The zero-order chi connectivity index (χ0) is 25.8. The van der Waals surface area contributed by atoms with Crippen molar-refractivity contribution in [2.24, 2.45) is 0 Å². The first-order chi connectivity index (χ1) is 19.3. The zero-order valence-corrected chi connectivity index (χ0v) is 21.1. The summed E-state index contributed by atoms with van der Waals surface area (Å²) < 4.78 is 6.26. The molecule has 1 aliphatic carbocycles. The van der Waals surface area contributed by atoms with E-state index in [4.69, 9.17) is 19.4 Å². The SMILES string of the molecule is C1=Cc2ccc3oc4ccc(-c5nc(-c6ccccc6)nc(-c6ccc7ccccc7c6)n5)cc4c3c2CC1. The van der Waals surface area contributed by atoms with Gasteiger partial charge in [-0.25, -0.2) is 15.0 Å². The molecule has 0 saturated heterocycles. The van der Waals surface area contributed by atoms with E-state index < -0.39 is 0 Å². The van der Waals surface area contributed by atoms with Gasteiger partial charge in [-0.3, -0.25) is 0 Å². The number of rotatable bonds is 3. The molecule has 1 aliphatic rings. The smallest absolute Gasteiger partial charge is 0.164 e. The van der Waals surface area contributed by atoms with Crippen LogP contribution in [0.3, 0.4) is 0 Å². The van der Waals surface area contributed by atoms with E-state index in [2.05, 4.69) is 72.8 Å². The summed E-state index contributed by atoms with van der Waals surface area (Å²) >= 11 is 0. The normalized spacial score (nSPS) is 12.8. The molecule has 7 aromatic rings. The molecule has 0 saturated carbocycles. The predicted octanol–water partition coefficient (Wildman–Crippen LogP) is 8.88. The van der Waals surface area contributed by atoms with Crippen LogP contribution >= 0.6 is 0 Å². The highest BCUT2D eigenvalue weighted by molar-refractivity contribution is 6.09. The van der Waals surface area contributed by atoms with Crippen LogP contribution in [-0.2, 0) is 6.42 Å². The lowest BCUT2D eigenvalue weighted by Crippen LogP contribution is -2.00. The molecule has 5 aromatic carbocycles. The van der Waals surface area contributed by atoms with E-state index in [1.54, 1.807) is 0 Å². The molecule has 4 nitrogen and oxygen atoms in total. The number of aryl methyl sites for hydroxylation is 1. The first-order valence-electron chi connectivity index (χ1n) is 13.3. The van der Waals surface area contributed by atoms with Crippen LogP contribution in [0.1, 0.15) is 17.5 Å². The monoisotopic (exact) mass is 501 g/mol. The number of hydrogen-bond acceptors (Lipinski definition) is 4. The first-order valence-corrected chi connectivity index (χ1v) is 13.3. The highest BCUT2D eigenvalue weighted by Crippen LogP contribution is 2.37. The number of allylic oxidation sites excluding steroid dienone is 1. The molecule has 0 unspecified atom stereocenters. The highest BCUT2D eigenvalue weighted by Gasteiger charge is 2.18. The zero-order valence-electron chi connectivity index (χ0n) is 21.1. The lowest BCUT2D eigenvalue weighted by Gasteiger charge is -2.11. The Morgan fingerprint density at radius 3 is 2.10 bits per heavy atom. The molecule has 0 bridgehead atoms. The molecule has 0 aliphatic heterocycles.